The summed E-state index contributed by atoms with van der Waals surface area (Å²) in [4.78, 5) is 2.48. The quantitative estimate of drug-likeness (QED) is 0.165. The molecule has 272 valence electrons. The molecule has 0 aliphatic heterocycles. The van der Waals surface area contributed by atoms with E-state index in [1.165, 1.54) is 77.2 Å². The predicted octanol–water partition coefficient (Wildman–Crippen LogP) is 15.1. The molecule has 0 radical (unpaired) electrons. The molecule has 0 spiro atoms. The number of benzene rings is 8. The second kappa shape index (κ2) is 13.1. The third-order valence-electron chi connectivity index (χ3n) is 12.5. The van der Waals surface area contributed by atoms with E-state index in [0.29, 0.717) is 0 Å². The first kappa shape index (κ1) is 33.4. The number of fused-ring (bicyclic) bond motifs is 6. The lowest BCUT2D eigenvalue weighted by molar-refractivity contribution is 0.607. The van der Waals surface area contributed by atoms with E-state index in [4.69, 9.17) is 0 Å². The van der Waals surface area contributed by atoms with Gasteiger partial charge in [0.15, 0.2) is 0 Å². The molecular weight excluding hydrogens is 689 g/mol. The number of anilines is 3. The van der Waals surface area contributed by atoms with E-state index in [-0.39, 0.29) is 5.41 Å². The molecule has 2 aliphatic carbocycles. The van der Waals surface area contributed by atoms with Crippen LogP contribution in [-0.4, -0.2) is 4.57 Å². The van der Waals surface area contributed by atoms with Gasteiger partial charge in [-0.25, -0.2) is 0 Å². The van der Waals surface area contributed by atoms with Crippen molar-refractivity contribution in [3.05, 3.63) is 211 Å². The van der Waals surface area contributed by atoms with Crippen molar-refractivity contribution >= 4 is 55.2 Å². The third-order valence-corrected chi connectivity index (χ3v) is 12.5. The molecule has 1 heterocycles. The van der Waals surface area contributed by atoms with Gasteiger partial charge in [0.2, 0.25) is 0 Å². The monoisotopic (exact) mass is 730 g/mol. The Morgan fingerprint density at radius 3 is 1.96 bits per heavy atom. The van der Waals surface area contributed by atoms with Crippen LogP contribution in [-0.2, 0) is 5.41 Å². The second-order valence-corrected chi connectivity index (χ2v) is 16.0. The van der Waals surface area contributed by atoms with Gasteiger partial charge in [0.1, 0.15) is 0 Å². The molecule has 57 heavy (non-hydrogen) atoms. The minimum absolute atomic E-state index is 0.0337. The number of rotatable bonds is 6. The summed E-state index contributed by atoms with van der Waals surface area (Å²) in [6.07, 6.45) is 6.93. The summed E-state index contributed by atoms with van der Waals surface area (Å²) in [6, 6.07) is 67.0. The van der Waals surface area contributed by atoms with Crippen LogP contribution in [0.2, 0.25) is 0 Å². The maximum atomic E-state index is 2.48. The van der Waals surface area contributed by atoms with Crippen LogP contribution in [0.25, 0.3) is 66.1 Å². The first-order chi connectivity index (χ1) is 28.0. The minimum Gasteiger partial charge on any atom is -0.310 e. The normalized spacial score (nSPS) is 14.4. The average molecular weight is 731 g/mol. The average Bonchev–Trinajstić information content (AvgIpc) is 3.72. The van der Waals surface area contributed by atoms with Gasteiger partial charge in [0.05, 0.1) is 16.7 Å². The Kier molecular flexibility index (Phi) is 7.69. The molecule has 0 atom stereocenters. The Hall–Kier alpha value is -6.90. The fourth-order valence-electron chi connectivity index (χ4n) is 9.76. The van der Waals surface area contributed by atoms with Crippen molar-refractivity contribution in [1.82, 2.24) is 4.57 Å². The van der Waals surface area contributed by atoms with E-state index in [9.17, 15) is 0 Å². The Morgan fingerprint density at radius 2 is 1.19 bits per heavy atom. The van der Waals surface area contributed by atoms with Crippen LogP contribution < -0.4 is 4.90 Å². The maximum Gasteiger partial charge on any atom is 0.0546 e. The lowest BCUT2D eigenvalue weighted by Crippen LogP contribution is -2.19. The van der Waals surface area contributed by atoms with E-state index in [1.807, 2.05) is 0 Å². The number of allylic oxidation sites excluding steroid dienone is 4. The molecule has 0 fully saturated rings. The Morgan fingerprint density at radius 1 is 0.526 bits per heavy atom. The van der Waals surface area contributed by atoms with E-state index >= 15 is 0 Å². The van der Waals surface area contributed by atoms with Gasteiger partial charge in [-0.3, -0.25) is 0 Å². The van der Waals surface area contributed by atoms with Crippen LogP contribution in [0.15, 0.2) is 200 Å². The highest BCUT2D eigenvalue weighted by molar-refractivity contribution is 6.09. The number of aromatic nitrogens is 1. The van der Waals surface area contributed by atoms with Gasteiger partial charge in [-0.15, -0.1) is 0 Å². The van der Waals surface area contributed by atoms with Crippen LogP contribution in [0.4, 0.5) is 17.1 Å². The zero-order chi connectivity index (χ0) is 38.1. The minimum atomic E-state index is -0.0337. The van der Waals surface area contributed by atoms with Crippen LogP contribution in [0.1, 0.15) is 37.8 Å². The molecule has 0 bridgehead atoms. The summed E-state index contributed by atoms with van der Waals surface area (Å²) < 4.78 is 2.40. The SMILES string of the molecule is CC1(C)C2=C(C=CCC2)c2ccc(N(c3ccc(-c4cccc(-n5c6ccccc6c6ccccc65)c4)cc3)c3ccc4ccccc4c3-c3ccccc3)cc21. The molecule has 11 rings (SSSR count). The van der Waals surface area contributed by atoms with E-state index in [1.54, 1.807) is 5.57 Å². The van der Waals surface area contributed by atoms with Gasteiger partial charge in [-0.1, -0.05) is 159 Å². The van der Waals surface area contributed by atoms with Gasteiger partial charge in [0.25, 0.3) is 0 Å². The Labute approximate surface area is 334 Å². The zero-order valence-electron chi connectivity index (χ0n) is 32.3. The topological polar surface area (TPSA) is 8.17 Å². The fraction of sp³-hybridized carbons (Fsp3) is 0.0909. The molecule has 1 aromatic heterocycles. The number of hydrogen-bond acceptors (Lipinski definition) is 1. The molecule has 8 aromatic carbocycles. The second-order valence-electron chi connectivity index (χ2n) is 16.0. The molecule has 0 amide bonds. The first-order valence-electron chi connectivity index (χ1n) is 20.2. The van der Waals surface area contributed by atoms with Crippen molar-refractivity contribution in [2.75, 3.05) is 4.90 Å². The van der Waals surface area contributed by atoms with E-state index in [0.717, 1.165) is 29.9 Å². The first-order valence-corrected chi connectivity index (χ1v) is 20.2. The molecule has 0 saturated heterocycles. The zero-order valence-corrected chi connectivity index (χ0v) is 32.3. The highest BCUT2D eigenvalue weighted by Crippen LogP contribution is 2.52. The molecular formula is C55H42N2. The molecule has 2 aliphatic rings. The van der Waals surface area contributed by atoms with E-state index in [2.05, 4.69) is 217 Å². The van der Waals surface area contributed by atoms with Gasteiger partial charge in [-0.05, 0) is 112 Å². The number of nitrogens with zero attached hydrogens (tertiary/aromatic N) is 2. The predicted molar refractivity (Wildman–Crippen MR) is 242 cm³/mol. The Bertz CT molecular complexity index is 3030. The molecule has 2 nitrogen and oxygen atoms in total. The van der Waals surface area contributed by atoms with Gasteiger partial charge in [-0.2, -0.15) is 0 Å². The van der Waals surface area contributed by atoms with Gasteiger partial charge in [0, 0.05) is 38.8 Å². The molecule has 2 heteroatoms. The van der Waals surface area contributed by atoms with Crippen molar-refractivity contribution in [3.8, 4) is 27.9 Å². The molecule has 0 N–H and O–H groups in total. The summed E-state index contributed by atoms with van der Waals surface area (Å²) in [5.74, 6) is 0. The lowest BCUT2D eigenvalue weighted by atomic mass is 9.78. The highest BCUT2D eigenvalue weighted by atomic mass is 15.1. The fourth-order valence-corrected chi connectivity index (χ4v) is 9.76. The van der Waals surface area contributed by atoms with Crippen molar-refractivity contribution < 1.29 is 0 Å². The summed E-state index contributed by atoms with van der Waals surface area (Å²) in [5, 5.41) is 5.02. The largest absolute Gasteiger partial charge is 0.310 e. The summed E-state index contributed by atoms with van der Waals surface area (Å²) >= 11 is 0. The number of hydrogen-bond donors (Lipinski definition) is 0. The molecule has 9 aromatic rings. The van der Waals surface area contributed by atoms with Crippen molar-refractivity contribution in [3.63, 3.8) is 0 Å². The summed E-state index contributed by atoms with van der Waals surface area (Å²) in [6.45, 7) is 4.82. The van der Waals surface area contributed by atoms with Crippen molar-refractivity contribution in [2.45, 2.75) is 32.1 Å². The van der Waals surface area contributed by atoms with Crippen molar-refractivity contribution in [2.24, 2.45) is 0 Å². The third kappa shape index (κ3) is 5.32. The van der Waals surface area contributed by atoms with Crippen LogP contribution in [0.5, 0.6) is 0 Å². The number of para-hydroxylation sites is 2. The van der Waals surface area contributed by atoms with E-state index < -0.39 is 0 Å². The highest BCUT2D eigenvalue weighted by Gasteiger charge is 2.38. The van der Waals surface area contributed by atoms with Gasteiger partial charge < -0.3 is 9.47 Å². The standard InChI is InChI=1S/C55H42N2/c1-55(2)49-24-11-8-21-45(49)46-33-32-43(36-50(46)55)56(53-34-29-38-15-6-7-20-44(38)54(53)39-16-4-3-5-17-39)41-30-27-37(28-31-41)40-18-14-19-42(35-40)57-51-25-12-9-22-47(51)48-23-10-13-26-52(48)57/h3-10,12-23,25-36H,11,24H2,1-2H3. The van der Waals surface area contributed by atoms with Crippen LogP contribution >= 0.6 is 0 Å². The Balaban J connectivity index is 1.07. The van der Waals surface area contributed by atoms with Crippen LogP contribution in [0, 0.1) is 0 Å². The molecule has 0 saturated carbocycles. The van der Waals surface area contributed by atoms with Crippen LogP contribution in [0.3, 0.4) is 0 Å². The van der Waals surface area contributed by atoms with Gasteiger partial charge >= 0.3 is 0 Å². The molecule has 0 unspecified atom stereocenters. The maximum absolute atomic E-state index is 2.48. The van der Waals surface area contributed by atoms with Crippen molar-refractivity contribution in [1.29, 1.82) is 0 Å². The summed E-state index contributed by atoms with van der Waals surface area (Å²) in [5.41, 5.74) is 17.6. The lowest BCUT2D eigenvalue weighted by Gasteiger charge is -2.31. The summed E-state index contributed by atoms with van der Waals surface area (Å²) in [7, 11) is 0. The smallest absolute Gasteiger partial charge is 0.0546 e.